The molecule has 1 aromatic carbocycles. The molecule has 1 fully saturated rings. The van der Waals surface area contributed by atoms with E-state index in [2.05, 4.69) is 30.8 Å². The Hall–Kier alpha value is -2.02. The van der Waals surface area contributed by atoms with Crippen LogP contribution in [0.5, 0.6) is 0 Å². The highest BCUT2D eigenvalue weighted by atomic mass is 79.9. The van der Waals surface area contributed by atoms with Crippen molar-refractivity contribution in [2.45, 2.75) is 26.3 Å². The van der Waals surface area contributed by atoms with Crippen molar-refractivity contribution < 1.29 is 9.18 Å². The van der Waals surface area contributed by atoms with Gasteiger partial charge in [0.2, 0.25) is 5.91 Å². The van der Waals surface area contributed by atoms with Gasteiger partial charge in [0.05, 0.1) is 6.20 Å². The molecule has 138 valence electrons. The molecule has 1 aromatic heterocycles. The van der Waals surface area contributed by atoms with Crippen LogP contribution in [0.1, 0.15) is 25.3 Å². The Balaban J connectivity index is 1.62. The van der Waals surface area contributed by atoms with E-state index in [4.69, 9.17) is 0 Å². The highest BCUT2D eigenvalue weighted by Gasteiger charge is 2.29. The fourth-order valence-corrected chi connectivity index (χ4v) is 3.69. The van der Waals surface area contributed by atoms with E-state index >= 15 is 0 Å². The lowest BCUT2D eigenvalue weighted by Gasteiger charge is -2.34. The number of piperidine rings is 1. The third-order valence-electron chi connectivity index (χ3n) is 4.78. The first kappa shape index (κ1) is 18.8. The molecule has 26 heavy (non-hydrogen) atoms. The van der Waals surface area contributed by atoms with Gasteiger partial charge in [0.1, 0.15) is 11.6 Å². The zero-order valence-corrected chi connectivity index (χ0v) is 16.3. The molecule has 0 radical (unpaired) electrons. The van der Waals surface area contributed by atoms with E-state index in [-0.39, 0.29) is 17.6 Å². The summed E-state index contributed by atoms with van der Waals surface area (Å²) in [6.45, 7) is 4.35. The molecular formula is C19H22BrFN4O. The molecule has 0 spiro atoms. The van der Waals surface area contributed by atoms with Crippen molar-refractivity contribution in [2.24, 2.45) is 5.92 Å². The first-order chi connectivity index (χ1) is 12.6. The topological polar surface area (TPSA) is 49.3 Å². The number of benzene rings is 1. The van der Waals surface area contributed by atoms with Gasteiger partial charge in [-0.05, 0) is 38.0 Å². The molecule has 1 aliphatic rings. The molecule has 1 aliphatic heterocycles. The van der Waals surface area contributed by atoms with Crippen LogP contribution >= 0.6 is 15.9 Å². The minimum atomic E-state index is -0.281. The Morgan fingerprint density at radius 1 is 1.35 bits per heavy atom. The zero-order chi connectivity index (χ0) is 18.5. The Morgan fingerprint density at radius 3 is 2.77 bits per heavy atom. The van der Waals surface area contributed by atoms with E-state index in [0.717, 1.165) is 36.2 Å². The van der Waals surface area contributed by atoms with Crippen LogP contribution < -0.4 is 4.90 Å². The molecular weight excluding hydrogens is 399 g/mol. The number of carbonyl (C=O) groups is 1. The van der Waals surface area contributed by atoms with Crippen molar-refractivity contribution in [2.75, 3.05) is 24.5 Å². The lowest BCUT2D eigenvalue weighted by molar-refractivity contribution is -0.136. The highest BCUT2D eigenvalue weighted by molar-refractivity contribution is 9.10. The van der Waals surface area contributed by atoms with Gasteiger partial charge < -0.3 is 9.80 Å². The normalized spacial score (nSPS) is 15.1. The van der Waals surface area contributed by atoms with Gasteiger partial charge in [0.25, 0.3) is 0 Å². The van der Waals surface area contributed by atoms with E-state index < -0.39 is 0 Å². The summed E-state index contributed by atoms with van der Waals surface area (Å²) in [6, 6.07) is 4.83. The Kier molecular flexibility index (Phi) is 6.19. The molecule has 0 saturated carbocycles. The van der Waals surface area contributed by atoms with Crippen LogP contribution in [0.15, 0.2) is 41.3 Å². The lowest BCUT2D eigenvalue weighted by atomic mass is 9.95. The first-order valence-electron chi connectivity index (χ1n) is 8.82. The number of carbonyl (C=O) groups excluding carboxylic acids is 1. The van der Waals surface area contributed by atoms with Gasteiger partial charge in [-0.15, -0.1) is 0 Å². The summed E-state index contributed by atoms with van der Waals surface area (Å²) >= 11 is 3.36. The average Bonchev–Trinajstić information content (AvgIpc) is 2.69. The number of nitrogens with zero attached hydrogens (tertiary/aromatic N) is 4. The number of anilines is 1. The average molecular weight is 421 g/mol. The van der Waals surface area contributed by atoms with Crippen molar-refractivity contribution >= 4 is 27.7 Å². The summed E-state index contributed by atoms with van der Waals surface area (Å²) in [4.78, 5) is 25.2. The van der Waals surface area contributed by atoms with E-state index in [1.165, 1.54) is 6.07 Å². The molecule has 0 aliphatic carbocycles. The predicted molar refractivity (Wildman–Crippen MR) is 102 cm³/mol. The number of halogens is 2. The maximum atomic E-state index is 14.0. The SMILES string of the molecule is CCN(Cc1cc(Br)ccc1F)C(=O)C1CCN(c2cnccn2)CC1. The van der Waals surface area contributed by atoms with Gasteiger partial charge in [0.15, 0.2) is 0 Å². The minimum Gasteiger partial charge on any atom is -0.355 e. The van der Waals surface area contributed by atoms with Crippen molar-refractivity contribution in [1.29, 1.82) is 0 Å². The highest BCUT2D eigenvalue weighted by Crippen LogP contribution is 2.24. The summed E-state index contributed by atoms with van der Waals surface area (Å²) in [6.07, 6.45) is 6.62. The first-order valence-corrected chi connectivity index (χ1v) is 9.61. The molecule has 7 heteroatoms. The Labute approximate surface area is 161 Å². The van der Waals surface area contributed by atoms with Crippen LogP contribution in [0, 0.1) is 11.7 Å². The van der Waals surface area contributed by atoms with E-state index in [9.17, 15) is 9.18 Å². The maximum absolute atomic E-state index is 14.0. The Morgan fingerprint density at radius 2 is 2.12 bits per heavy atom. The molecule has 0 atom stereocenters. The number of amides is 1. The van der Waals surface area contributed by atoms with Crippen LogP contribution in [0.2, 0.25) is 0 Å². The minimum absolute atomic E-state index is 0.0296. The van der Waals surface area contributed by atoms with Gasteiger partial charge in [-0.2, -0.15) is 0 Å². The lowest BCUT2D eigenvalue weighted by Crippen LogP contribution is -2.42. The Bertz CT molecular complexity index is 750. The van der Waals surface area contributed by atoms with E-state index in [1.807, 2.05) is 6.92 Å². The van der Waals surface area contributed by atoms with Crippen LogP contribution in [-0.4, -0.2) is 40.4 Å². The van der Waals surface area contributed by atoms with Crippen molar-refractivity contribution in [3.63, 3.8) is 0 Å². The van der Waals surface area contributed by atoms with Gasteiger partial charge in [0, 0.05) is 54.5 Å². The second-order valence-corrected chi connectivity index (χ2v) is 7.33. The van der Waals surface area contributed by atoms with Gasteiger partial charge in [-0.3, -0.25) is 9.78 Å². The maximum Gasteiger partial charge on any atom is 0.226 e. The van der Waals surface area contributed by atoms with E-state index in [1.54, 1.807) is 35.6 Å². The second-order valence-electron chi connectivity index (χ2n) is 6.41. The molecule has 2 heterocycles. The summed E-state index contributed by atoms with van der Waals surface area (Å²) in [7, 11) is 0. The second kappa shape index (κ2) is 8.58. The molecule has 0 N–H and O–H groups in total. The van der Waals surface area contributed by atoms with Gasteiger partial charge in [-0.25, -0.2) is 9.37 Å². The van der Waals surface area contributed by atoms with Crippen LogP contribution in [0.4, 0.5) is 10.2 Å². The van der Waals surface area contributed by atoms with E-state index in [0.29, 0.717) is 18.7 Å². The number of hydrogen-bond donors (Lipinski definition) is 0. The quantitative estimate of drug-likeness (QED) is 0.740. The van der Waals surface area contributed by atoms with Crippen molar-refractivity contribution in [1.82, 2.24) is 14.9 Å². The number of rotatable bonds is 5. The summed E-state index contributed by atoms with van der Waals surface area (Å²) in [5, 5.41) is 0. The molecule has 5 nitrogen and oxygen atoms in total. The largest absolute Gasteiger partial charge is 0.355 e. The molecule has 1 amide bonds. The van der Waals surface area contributed by atoms with Gasteiger partial charge in [-0.1, -0.05) is 15.9 Å². The third-order valence-corrected chi connectivity index (χ3v) is 5.27. The van der Waals surface area contributed by atoms with Crippen LogP contribution in [0.3, 0.4) is 0 Å². The van der Waals surface area contributed by atoms with Crippen molar-refractivity contribution in [3.8, 4) is 0 Å². The number of aromatic nitrogens is 2. The molecule has 0 bridgehead atoms. The predicted octanol–water partition coefficient (Wildman–Crippen LogP) is 3.64. The molecule has 1 saturated heterocycles. The molecule has 3 rings (SSSR count). The number of hydrogen-bond acceptors (Lipinski definition) is 4. The zero-order valence-electron chi connectivity index (χ0n) is 14.7. The molecule has 2 aromatic rings. The standard InChI is InChI=1S/C19H22BrFN4O/c1-2-24(13-15-11-16(20)3-4-17(15)21)19(26)14-5-9-25(10-6-14)18-12-22-7-8-23-18/h3-4,7-8,11-12,14H,2,5-6,9-10,13H2,1H3. The van der Waals surface area contributed by atoms with Crippen LogP contribution in [0.25, 0.3) is 0 Å². The molecule has 0 unspecified atom stereocenters. The monoisotopic (exact) mass is 420 g/mol. The van der Waals surface area contributed by atoms with Crippen LogP contribution in [-0.2, 0) is 11.3 Å². The third kappa shape index (κ3) is 4.38. The van der Waals surface area contributed by atoms with Crippen molar-refractivity contribution in [3.05, 3.63) is 52.6 Å². The summed E-state index contributed by atoms with van der Waals surface area (Å²) in [5.74, 6) is 0.641. The fraction of sp³-hybridized carbons (Fsp3) is 0.421. The smallest absolute Gasteiger partial charge is 0.226 e. The fourth-order valence-electron chi connectivity index (χ4n) is 3.28. The summed E-state index contributed by atoms with van der Waals surface area (Å²) < 4.78 is 14.8. The van der Waals surface area contributed by atoms with Gasteiger partial charge >= 0.3 is 0 Å². The summed E-state index contributed by atoms with van der Waals surface area (Å²) in [5.41, 5.74) is 0.534.